The van der Waals surface area contributed by atoms with Crippen LogP contribution >= 0.6 is 22.9 Å². The molecule has 164 valence electrons. The second-order valence-corrected chi connectivity index (χ2v) is 10.5. The largest absolute Gasteiger partial charge is 0.444 e. The molecule has 1 fully saturated rings. The number of ether oxygens (including phenoxy) is 1. The molecule has 0 spiro atoms. The van der Waals surface area contributed by atoms with Crippen molar-refractivity contribution in [1.29, 1.82) is 0 Å². The molecule has 1 saturated heterocycles. The van der Waals surface area contributed by atoms with Crippen LogP contribution in [-0.4, -0.2) is 34.7 Å². The van der Waals surface area contributed by atoms with Gasteiger partial charge in [-0.3, -0.25) is 0 Å². The standard InChI is InChI=1S/C24H26ClFN2O2S/c1-24(2,3)30-23(29)28-11-9-15(10-12-28)18-5-4-6-20-22(18)27-21(31-20)13-16-7-8-17(25)14-19(16)26/h4-8,14-15H,9-13H2,1-3H3. The summed E-state index contributed by atoms with van der Waals surface area (Å²) in [5.74, 6) is 0.0334. The first-order valence-electron chi connectivity index (χ1n) is 10.5. The number of likely N-dealkylation sites (tertiary alicyclic amines) is 1. The Morgan fingerprint density at radius 2 is 2.00 bits per heavy atom. The van der Waals surface area contributed by atoms with Crippen LogP contribution in [-0.2, 0) is 11.2 Å². The number of benzene rings is 2. The molecule has 0 unspecified atom stereocenters. The summed E-state index contributed by atoms with van der Waals surface area (Å²) in [6, 6.07) is 11.0. The van der Waals surface area contributed by atoms with E-state index in [1.165, 1.54) is 11.6 Å². The molecule has 2 heterocycles. The van der Waals surface area contributed by atoms with Crippen molar-refractivity contribution in [2.45, 2.75) is 51.6 Å². The van der Waals surface area contributed by atoms with Crippen molar-refractivity contribution in [1.82, 2.24) is 9.88 Å². The monoisotopic (exact) mass is 460 g/mol. The molecular weight excluding hydrogens is 435 g/mol. The average Bonchev–Trinajstić information content (AvgIpc) is 3.11. The molecule has 7 heteroatoms. The Hall–Kier alpha value is -2.18. The molecule has 1 aromatic heterocycles. The van der Waals surface area contributed by atoms with Crippen molar-refractivity contribution in [3.8, 4) is 0 Å². The lowest BCUT2D eigenvalue weighted by Gasteiger charge is -2.33. The Labute approximate surface area is 191 Å². The van der Waals surface area contributed by atoms with Crippen molar-refractivity contribution in [2.24, 2.45) is 0 Å². The van der Waals surface area contributed by atoms with Crippen LogP contribution in [0.1, 0.15) is 55.7 Å². The summed E-state index contributed by atoms with van der Waals surface area (Å²) < 4.78 is 20.8. The summed E-state index contributed by atoms with van der Waals surface area (Å²) in [6.07, 6.45) is 1.94. The summed E-state index contributed by atoms with van der Waals surface area (Å²) in [5.41, 5.74) is 2.31. The van der Waals surface area contributed by atoms with Crippen molar-refractivity contribution < 1.29 is 13.9 Å². The van der Waals surface area contributed by atoms with Gasteiger partial charge in [-0.15, -0.1) is 11.3 Å². The minimum Gasteiger partial charge on any atom is -0.444 e. The van der Waals surface area contributed by atoms with E-state index in [-0.39, 0.29) is 11.9 Å². The van der Waals surface area contributed by atoms with E-state index in [4.69, 9.17) is 21.3 Å². The zero-order chi connectivity index (χ0) is 22.2. The van der Waals surface area contributed by atoms with Crippen LogP contribution < -0.4 is 0 Å². The lowest BCUT2D eigenvalue weighted by Crippen LogP contribution is -2.41. The number of fused-ring (bicyclic) bond motifs is 1. The highest BCUT2D eigenvalue weighted by Gasteiger charge is 2.28. The molecule has 4 rings (SSSR count). The molecule has 0 aliphatic carbocycles. The number of carbonyl (C=O) groups is 1. The van der Waals surface area contributed by atoms with Gasteiger partial charge in [0.05, 0.1) is 15.2 Å². The Morgan fingerprint density at radius 1 is 1.26 bits per heavy atom. The molecule has 2 aromatic carbocycles. The van der Waals surface area contributed by atoms with Gasteiger partial charge in [-0.2, -0.15) is 0 Å². The molecule has 1 amide bonds. The SMILES string of the molecule is CC(C)(C)OC(=O)N1CCC(c2cccc3sc(Cc4ccc(Cl)cc4F)nc23)CC1. The quantitative estimate of drug-likeness (QED) is 0.432. The normalized spacial score (nSPS) is 15.5. The molecule has 1 aliphatic heterocycles. The third-order valence-corrected chi connectivity index (χ3v) is 6.69. The fourth-order valence-electron chi connectivity index (χ4n) is 3.95. The number of piperidine rings is 1. The van der Waals surface area contributed by atoms with Gasteiger partial charge in [-0.1, -0.05) is 29.8 Å². The number of amides is 1. The average molecular weight is 461 g/mol. The minimum atomic E-state index is -0.486. The van der Waals surface area contributed by atoms with E-state index in [2.05, 4.69) is 18.2 Å². The number of hydrogen-bond donors (Lipinski definition) is 0. The van der Waals surface area contributed by atoms with E-state index >= 15 is 0 Å². The third kappa shape index (κ3) is 5.18. The van der Waals surface area contributed by atoms with Gasteiger partial charge in [-0.05, 0) is 68.9 Å². The maximum Gasteiger partial charge on any atom is 0.410 e. The second-order valence-electron chi connectivity index (χ2n) is 8.96. The van der Waals surface area contributed by atoms with E-state index in [1.54, 1.807) is 28.4 Å². The highest BCUT2D eigenvalue weighted by Crippen LogP contribution is 2.35. The van der Waals surface area contributed by atoms with Gasteiger partial charge in [0.25, 0.3) is 0 Å². The van der Waals surface area contributed by atoms with Crippen LogP contribution in [0.3, 0.4) is 0 Å². The zero-order valence-corrected chi connectivity index (χ0v) is 19.5. The first-order chi connectivity index (χ1) is 14.7. The van der Waals surface area contributed by atoms with Gasteiger partial charge in [0.1, 0.15) is 11.4 Å². The van der Waals surface area contributed by atoms with Crippen molar-refractivity contribution >= 4 is 39.2 Å². The van der Waals surface area contributed by atoms with Crippen LogP contribution in [0.15, 0.2) is 36.4 Å². The summed E-state index contributed by atoms with van der Waals surface area (Å²) in [7, 11) is 0. The molecule has 4 nitrogen and oxygen atoms in total. The number of carbonyl (C=O) groups excluding carboxylic acids is 1. The van der Waals surface area contributed by atoms with Gasteiger partial charge >= 0.3 is 6.09 Å². The highest BCUT2D eigenvalue weighted by atomic mass is 35.5. The number of rotatable bonds is 3. The molecule has 0 radical (unpaired) electrons. The topological polar surface area (TPSA) is 42.4 Å². The number of thiazole rings is 1. The summed E-state index contributed by atoms with van der Waals surface area (Å²) in [5, 5.41) is 1.28. The van der Waals surface area contributed by atoms with Gasteiger partial charge in [0, 0.05) is 24.5 Å². The Kier molecular flexibility index (Phi) is 6.22. The van der Waals surface area contributed by atoms with Crippen molar-refractivity contribution in [3.05, 3.63) is 63.4 Å². The van der Waals surface area contributed by atoms with E-state index in [0.717, 1.165) is 28.1 Å². The molecule has 1 aliphatic rings. The van der Waals surface area contributed by atoms with Crippen LogP contribution in [0.25, 0.3) is 10.2 Å². The van der Waals surface area contributed by atoms with Crippen LogP contribution in [0.5, 0.6) is 0 Å². The molecule has 0 saturated carbocycles. The molecule has 0 N–H and O–H groups in total. The minimum absolute atomic E-state index is 0.245. The van der Waals surface area contributed by atoms with Crippen molar-refractivity contribution in [2.75, 3.05) is 13.1 Å². The molecule has 0 bridgehead atoms. The number of para-hydroxylation sites is 1. The first kappa shape index (κ1) is 22.0. The van der Waals surface area contributed by atoms with Gasteiger partial charge in [0.15, 0.2) is 0 Å². The predicted octanol–water partition coefficient (Wildman–Crippen LogP) is 6.79. The van der Waals surface area contributed by atoms with E-state index in [9.17, 15) is 9.18 Å². The second kappa shape index (κ2) is 8.75. The molecule has 31 heavy (non-hydrogen) atoms. The fraction of sp³-hybridized carbons (Fsp3) is 0.417. The summed E-state index contributed by atoms with van der Waals surface area (Å²) >= 11 is 7.47. The van der Waals surface area contributed by atoms with Crippen molar-refractivity contribution in [3.63, 3.8) is 0 Å². The van der Waals surface area contributed by atoms with E-state index in [1.807, 2.05) is 20.8 Å². The number of hydrogen-bond acceptors (Lipinski definition) is 4. The lowest BCUT2D eigenvalue weighted by molar-refractivity contribution is 0.0205. The molecule has 0 atom stereocenters. The Morgan fingerprint density at radius 3 is 2.68 bits per heavy atom. The molecular formula is C24H26ClFN2O2S. The van der Waals surface area contributed by atoms with Gasteiger partial charge in [0.2, 0.25) is 0 Å². The highest BCUT2D eigenvalue weighted by molar-refractivity contribution is 7.18. The smallest absolute Gasteiger partial charge is 0.410 e. The van der Waals surface area contributed by atoms with Crippen LogP contribution in [0.2, 0.25) is 5.02 Å². The van der Waals surface area contributed by atoms with Crippen LogP contribution in [0.4, 0.5) is 9.18 Å². The summed E-state index contributed by atoms with van der Waals surface area (Å²) in [4.78, 5) is 19.0. The zero-order valence-electron chi connectivity index (χ0n) is 18.0. The van der Waals surface area contributed by atoms with E-state index < -0.39 is 5.60 Å². The number of halogens is 2. The summed E-state index contributed by atoms with van der Waals surface area (Å²) in [6.45, 7) is 6.99. The van der Waals surface area contributed by atoms with Crippen LogP contribution in [0, 0.1) is 5.82 Å². The first-order valence-corrected chi connectivity index (χ1v) is 11.7. The number of aromatic nitrogens is 1. The Bertz CT molecular complexity index is 1100. The Balaban J connectivity index is 1.50. The lowest BCUT2D eigenvalue weighted by atomic mass is 9.89. The number of nitrogens with zero attached hydrogens (tertiary/aromatic N) is 2. The maximum absolute atomic E-state index is 14.2. The fourth-order valence-corrected chi connectivity index (χ4v) is 5.13. The molecule has 3 aromatic rings. The maximum atomic E-state index is 14.2. The third-order valence-electron chi connectivity index (χ3n) is 5.44. The predicted molar refractivity (Wildman–Crippen MR) is 124 cm³/mol. The van der Waals surface area contributed by atoms with Gasteiger partial charge in [-0.25, -0.2) is 14.2 Å². The van der Waals surface area contributed by atoms with E-state index in [0.29, 0.717) is 36.0 Å². The van der Waals surface area contributed by atoms with Gasteiger partial charge < -0.3 is 9.64 Å².